The molecule has 0 aromatic carbocycles. The Morgan fingerprint density at radius 1 is 1.32 bits per heavy atom. The van der Waals surface area contributed by atoms with Gasteiger partial charge in [-0.15, -0.1) is 0 Å². The van der Waals surface area contributed by atoms with Crippen LogP contribution in [0.25, 0.3) is 0 Å². The highest BCUT2D eigenvalue weighted by molar-refractivity contribution is 5.75. The van der Waals surface area contributed by atoms with E-state index in [4.69, 9.17) is 0 Å². The van der Waals surface area contributed by atoms with Gasteiger partial charge >= 0.3 is 5.69 Å². The lowest BCUT2D eigenvalue weighted by atomic mass is 9.49. The van der Waals surface area contributed by atoms with Crippen LogP contribution in [0.5, 0.6) is 0 Å². The maximum atomic E-state index is 12.2. The first-order valence-corrected chi connectivity index (χ1v) is 9.38. The molecule has 1 N–H and O–H groups in total. The Bertz CT molecular complexity index is 661. The minimum Gasteiger partial charge on any atom is -0.355 e. The number of rotatable bonds is 6. The van der Waals surface area contributed by atoms with Gasteiger partial charge in [-0.05, 0) is 68.6 Å². The van der Waals surface area contributed by atoms with Gasteiger partial charge in [0.25, 0.3) is 0 Å². The minimum atomic E-state index is -0.439. The molecule has 1 aromatic rings. The topological polar surface area (TPSA) is 90.1 Å². The van der Waals surface area contributed by atoms with Crippen molar-refractivity contribution in [2.75, 3.05) is 6.54 Å². The van der Waals surface area contributed by atoms with Crippen molar-refractivity contribution in [2.24, 2.45) is 23.2 Å². The molecule has 1 amide bonds. The van der Waals surface area contributed by atoms with Crippen LogP contribution in [0.15, 0.2) is 6.20 Å². The summed E-state index contributed by atoms with van der Waals surface area (Å²) < 4.78 is 1.50. The maximum absolute atomic E-state index is 12.2. The van der Waals surface area contributed by atoms with E-state index in [0.717, 1.165) is 24.3 Å². The zero-order valence-electron chi connectivity index (χ0n) is 14.7. The highest BCUT2D eigenvalue weighted by Crippen LogP contribution is 2.59. The Labute approximate surface area is 147 Å². The van der Waals surface area contributed by atoms with E-state index < -0.39 is 4.92 Å². The molecule has 0 saturated heterocycles. The fourth-order valence-electron chi connectivity index (χ4n) is 5.90. The van der Waals surface area contributed by atoms with Gasteiger partial charge in [0.05, 0.1) is 4.92 Å². The third-order valence-corrected chi connectivity index (χ3v) is 6.51. The van der Waals surface area contributed by atoms with Crippen molar-refractivity contribution >= 4 is 11.6 Å². The van der Waals surface area contributed by atoms with Gasteiger partial charge in [0.2, 0.25) is 5.91 Å². The first kappa shape index (κ1) is 16.5. The molecule has 4 saturated carbocycles. The molecule has 5 rings (SSSR count). The average molecular weight is 346 g/mol. The van der Waals surface area contributed by atoms with Crippen LogP contribution in [0, 0.1) is 40.2 Å². The van der Waals surface area contributed by atoms with Gasteiger partial charge in [0.15, 0.2) is 0 Å². The third-order valence-electron chi connectivity index (χ3n) is 6.51. The first-order valence-electron chi connectivity index (χ1n) is 9.38. The molecule has 0 radical (unpaired) electrons. The molecule has 4 bridgehead atoms. The normalized spacial score (nSPS) is 32.8. The van der Waals surface area contributed by atoms with E-state index in [1.165, 1.54) is 49.4 Å². The molecule has 25 heavy (non-hydrogen) atoms. The van der Waals surface area contributed by atoms with E-state index in [0.29, 0.717) is 24.1 Å². The number of amides is 1. The van der Waals surface area contributed by atoms with E-state index in [9.17, 15) is 14.9 Å². The second kappa shape index (κ2) is 6.11. The van der Waals surface area contributed by atoms with Gasteiger partial charge < -0.3 is 5.32 Å². The molecule has 7 heteroatoms. The highest BCUT2D eigenvalue weighted by Gasteiger charge is 2.50. The monoisotopic (exact) mass is 346 g/mol. The SMILES string of the molecule is Cc1nn(CCC(=O)NCC23CC4CC(CC(C4)C2)C3)cc1[N+](=O)[O-]. The van der Waals surface area contributed by atoms with Gasteiger partial charge in [-0.3, -0.25) is 19.6 Å². The van der Waals surface area contributed by atoms with Crippen molar-refractivity contribution in [3.63, 3.8) is 0 Å². The summed E-state index contributed by atoms with van der Waals surface area (Å²) in [6.45, 7) is 2.79. The molecule has 0 spiro atoms. The van der Waals surface area contributed by atoms with Crippen molar-refractivity contribution in [2.45, 2.75) is 58.4 Å². The lowest BCUT2D eigenvalue weighted by Gasteiger charge is -2.56. The zero-order valence-corrected chi connectivity index (χ0v) is 14.7. The van der Waals surface area contributed by atoms with Crippen LogP contribution in [0.1, 0.15) is 50.6 Å². The van der Waals surface area contributed by atoms with Crippen LogP contribution < -0.4 is 5.32 Å². The van der Waals surface area contributed by atoms with E-state index in [1.807, 2.05) is 0 Å². The Morgan fingerprint density at radius 2 is 1.92 bits per heavy atom. The predicted octanol–water partition coefficient (Wildman–Crippen LogP) is 2.82. The van der Waals surface area contributed by atoms with Crippen LogP contribution >= 0.6 is 0 Å². The van der Waals surface area contributed by atoms with Crippen molar-refractivity contribution < 1.29 is 9.72 Å². The number of nitrogens with zero attached hydrogens (tertiary/aromatic N) is 3. The number of nitrogens with one attached hydrogen (secondary N) is 1. The molecule has 4 fully saturated rings. The number of carbonyl (C=O) groups is 1. The van der Waals surface area contributed by atoms with Crippen molar-refractivity contribution in [1.29, 1.82) is 0 Å². The molecule has 4 aliphatic carbocycles. The van der Waals surface area contributed by atoms with Crippen LogP contribution in [0.3, 0.4) is 0 Å². The van der Waals surface area contributed by atoms with Gasteiger partial charge in [0, 0.05) is 19.5 Å². The second-order valence-electron chi connectivity index (χ2n) is 8.56. The van der Waals surface area contributed by atoms with Crippen LogP contribution in [-0.4, -0.2) is 27.2 Å². The third kappa shape index (κ3) is 3.28. The van der Waals surface area contributed by atoms with Crippen LogP contribution in [0.2, 0.25) is 0 Å². The van der Waals surface area contributed by atoms with Gasteiger partial charge in [-0.2, -0.15) is 5.10 Å². The molecule has 0 unspecified atom stereocenters. The lowest BCUT2D eigenvalue weighted by Crippen LogP contribution is -2.51. The standard InChI is InChI=1S/C18H26N4O3/c1-12-16(22(24)25)10-21(20-12)3-2-17(23)19-11-18-7-13-4-14(8-18)6-15(5-13)9-18/h10,13-15H,2-9,11H2,1H3,(H,19,23). The second-order valence-corrected chi connectivity index (χ2v) is 8.56. The van der Waals surface area contributed by atoms with E-state index in [2.05, 4.69) is 10.4 Å². The predicted molar refractivity (Wildman–Crippen MR) is 91.9 cm³/mol. The number of aryl methyl sites for hydroxylation is 2. The summed E-state index contributed by atoms with van der Waals surface area (Å²) >= 11 is 0. The minimum absolute atomic E-state index is 0.00831. The summed E-state index contributed by atoms with van der Waals surface area (Å²) in [6, 6.07) is 0. The summed E-state index contributed by atoms with van der Waals surface area (Å²) in [7, 11) is 0. The molecule has 0 aliphatic heterocycles. The van der Waals surface area contributed by atoms with Crippen molar-refractivity contribution in [1.82, 2.24) is 15.1 Å². The summed E-state index contributed by atoms with van der Waals surface area (Å²) in [5.74, 6) is 2.67. The summed E-state index contributed by atoms with van der Waals surface area (Å²) in [5.41, 5.74) is 0.735. The van der Waals surface area contributed by atoms with Gasteiger partial charge in [-0.1, -0.05) is 0 Å². The first-order chi connectivity index (χ1) is 11.9. The molecule has 4 aliphatic rings. The molecular weight excluding hydrogens is 320 g/mol. The lowest BCUT2D eigenvalue weighted by molar-refractivity contribution is -0.385. The Balaban J connectivity index is 1.28. The van der Waals surface area contributed by atoms with Crippen molar-refractivity contribution in [3.8, 4) is 0 Å². The molecule has 136 valence electrons. The van der Waals surface area contributed by atoms with Gasteiger partial charge in [0.1, 0.15) is 11.9 Å². The fourth-order valence-corrected chi connectivity index (χ4v) is 5.90. The van der Waals surface area contributed by atoms with E-state index in [1.54, 1.807) is 6.92 Å². The summed E-state index contributed by atoms with van der Waals surface area (Å²) in [4.78, 5) is 22.7. The quantitative estimate of drug-likeness (QED) is 0.633. The largest absolute Gasteiger partial charge is 0.355 e. The Morgan fingerprint density at radius 3 is 2.44 bits per heavy atom. The molecule has 7 nitrogen and oxygen atoms in total. The maximum Gasteiger partial charge on any atom is 0.309 e. The van der Waals surface area contributed by atoms with Crippen molar-refractivity contribution in [3.05, 3.63) is 22.0 Å². The summed E-state index contributed by atoms with van der Waals surface area (Å²) in [6.07, 6.45) is 9.78. The van der Waals surface area contributed by atoms with E-state index >= 15 is 0 Å². The smallest absolute Gasteiger partial charge is 0.309 e. The fraction of sp³-hybridized carbons (Fsp3) is 0.778. The Hall–Kier alpha value is -1.92. The van der Waals surface area contributed by atoms with Crippen LogP contribution in [-0.2, 0) is 11.3 Å². The Kier molecular flexibility index (Phi) is 4.04. The van der Waals surface area contributed by atoms with Crippen LogP contribution in [0.4, 0.5) is 5.69 Å². The molecule has 1 heterocycles. The number of carbonyl (C=O) groups excluding carboxylic acids is 1. The van der Waals surface area contributed by atoms with Gasteiger partial charge in [-0.25, -0.2) is 0 Å². The van der Waals surface area contributed by atoms with E-state index in [-0.39, 0.29) is 11.6 Å². The molecule has 1 aromatic heterocycles. The average Bonchev–Trinajstić information content (AvgIpc) is 2.91. The molecular formula is C18H26N4O3. The molecule has 0 atom stereocenters. The summed E-state index contributed by atoms with van der Waals surface area (Å²) in [5, 5.41) is 18.1. The highest BCUT2D eigenvalue weighted by atomic mass is 16.6. The number of hydrogen-bond acceptors (Lipinski definition) is 4. The zero-order chi connectivity index (χ0) is 17.6. The number of hydrogen-bond donors (Lipinski definition) is 1. The number of aromatic nitrogens is 2. The number of nitro groups is 1.